The number of aliphatic hydroxyl groups excluding tert-OH is 3. The summed E-state index contributed by atoms with van der Waals surface area (Å²) in [5.41, 5.74) is 1.05. The van der Waals surface area contributed by atoms with Crippen LogP contribution in [0, 0.1) is 13.8 Å². The molecule has 0 saturated heterocycles. The molecule has 10 nitrogen and oxygen atoms in total. The Bertz CT molecular complexity index is 1230. The summed E-state index contributed by atoms with van der Waals surface area (Å²) < 4.78 is 0. The molecule has 2 aromatic rings. The van der Waals surface area contributed by atoms with Crippen molar-refractivity contribution in [2.45, 2.75) is 43.9 Å². The average Bonchev–Trinajstić information content (AvgIpc) is 2.78. The highest BCUT2D eigenvalue weighted by molar-refractivity contribution is 6.29. The van der Waals surface area contributed by atoms with Crippen LogP contribution in [0.15, 0.2) is 41.4 Å². The Morgan fingerprint density at radius 3 is 2.24 bits per heavy atom. The highest BCUT2D eigenvalue weighted by Gasteiger charge is 2.60. The molecular formula is C23H24N4O6. The van der Waals surface area contributed by atoms with Crippen LogP contribution < -0.4 is 15.1 Å². The minimum absolute atomic E-state index is 0.225. The number of nitrogens with one attached hydrogen (secondary N) is 1. The highest BCUT2D eigenvalue weighted by atomic mass is 16.4. The number of anilines is 2. The molecule has 0 radical (unpaired) electrons. The number of carbonyl (C=O) groups excluding carboxylic acids is 2. The first-order chi connectivity index (χ1) is 15.6. The second-order valence-electron chi connectivity index (χ2n) is 8.72. The van der Waals surface area contributed by atoms with Crippen LogP contribution in [0.4, 0.5) is 16.2 Å². The Labute approximate surface area is 189 Å². The van der Waals surface area contributed by atoms with E-state index >= 15 is 0 Å². The van der Waals surface area contributed by atoms with Crippen LogP contribution in [-0.2, 0) is 4.79 Å². The van der Waals surface area contributed by atoms with E-state index in [0.717, 1.165) is 11.1 Å². The SMILES string of the molecule is Cc1cc2c(cc1C)N(C1c3ccccc3C(O)C(O)C1O)C1(O)C(=O)NC(=O)N=C1N2C. The number of hydrogen-bond acceptors (Lipinski definition) is 8. The Balaban J connectivity index is 1.86. The van der Waals surface area contributed by atoms with E-state index in [0.29, 0.717) is 22.5 Å². The molecule has 5 unspecified atom stereocenters. The van der Waals surface area contributed by atoms with Crippen LogP contribution in [0.25, 0.3) is 0 Å². The number of hydrogen-bond donors (Lipinski definition) is 5. The smallest absolute Gasteiger partial charge is 0.349 e. The van der Waals surface area contributed by atoms with Crippen molar-refractivity contribution in [1.29, 1.82) is 0 Å². The molecule has 5 rings (SSSR count). The molecule has 1 aliphatic carbocycles. The van der Waals surface area contributed by atoms with Gasteiger partial charge >= 0.3 is 6.03 Å². The molecule has 2 aliphatic heterocycles. The van der Waals surface area contributed by atoms with Crippen LogP contribution >= 0.6 is 0 Å². The zero-order chi connectivity index (χ0) is 23.8. The molecule has 0 aromatic heterocycles. The number of benzene rings is 2. The van der Waals surface area contributed by atoms with E-state index in [4.69, 9.17) is 0 Å². The van der Waals surface area contributed by atoms with Crippen molar-refractivity contribution in [3.63, 3.8) is 0 Å². The summed E-state index contributed by atoms with van der Waals surface area (Å²) in [5, 5.41) is 46.3. The topological polar surface area (TPSA) is 146 Å². The van der Waals surface area contributed by atoms with Crippen molar-refractivity contribution in [3.05, 3.63) is 58.7 Å². The molecule has 2 aromatic carbocycles. The monoisotopic (exact) mass is 452 g/mol. The Kier molecular flexibility index (Phi) is 4.63. The minimum atomic E-state index is -2.47. The lowest BCUT2D eigenvalue weighted by Gasteiger charge is -2.54. The number of aliphatic imine (C=N–C) groups is 1. The zero-order valence-electron chi connectivity index (χ0n) is 18.2. The van der Waals surface area contributed by atoms with Crippen molar-refractivity contribution in [2.24, 2.45) is 4.99 Å². The molecule has 3 amide bonds. The van der Waals surface area contributed by atoms with E-state index in [9.17, 15) is 30.0 Å². The number of aliphatic hydroxyl groups is 4. The molecule has 172 valence electrons. The molecule has 33 heavy (non-hydrogen) atoms. The summed E-state index contributed by atoms with van der Waals surface area (Å²) in [6.07, 6.45) is -4.52. The van der Waals surface area contributed by atoms with Crippen LogP contribution in [0.5, 0.6) is 0 Å². The Morgan fingerprint density at radius 1 is 0.970 bits per heavy atom. The van der Waals surface area contributed by atoms with E-state index in [1.807, 2.05) is 25.2 Å². The summed E-state index contributed by atoms with van der Waals surface area (Å²) in [7, 11) is 1.59. The van der Waals surface area contributed by atoms with Gasteiger partial charge in [0, 0.05) is 7.05 Å². The quantitative estimate of drug-likeness (QED) is 0.418. The summed E-state index contributed by atoms with van der Waals surface area (Å²) in [6, 6.07) is 8.19. The lowest BCUT2D eigenvalue weighted by atomic mass is 9.79. The van der Waals surface area contributed by atoms with Gasteiger partial charge in [0.25, 0.3) is 11.6 Å². The number of urea groups is 1. The van der Waals surface area contributed by atoms with Gasteiger partial charge in [-0.2, -0.15) is 4.99 Å². The van der Waals surface area contributed by atoms with Gasteiger partial charge in [-0.15, -0.1) is 0 Å². The van der Waals surface area contributed by atoms with Gasteiger partial charge in [0.2, 0.25) is 0 Å². The van der Waals surface area contributed by atoms with Crippen molar-refractivity contribution in [1.82, 2.24) is 5.32 Å². The molecule has 0 bridgehead atoms. The predicted octanol–water partition coefficient (Wildman–Crippen LogP) is 0.407. The highest BCUT2D eigenvalue weighted by Crippen LogP contribution is 2.50. The number of fused-ring (bicyclic) bond motifs is 3. The third kappa shape index (κ3) is 2.78. The molecule has 10 heteroatoms. The first-order valence-electron chi connectivity index (χ1n) is 10.5. The van der Waals surface area contributed by atoms with Gasteiger partial charge in [-0.3, -0.25) is 10.1 Å². The fourth-order valence-electron chi connectivity index (χ4n) is 4.98. The minimum Gasteiger partial charge on any atom is -0.388 e. The Morgan fingerprint density at radius 2 is 1.58 bits per heavy atom. The van der Waals surface area contributed by atoms with Gasteiger partial charge < -0.3 is 30.2 Å². The van der Waals surface area contributed by atoms with Crippen molar-refractivity contribution >= 4 is 29.1 Å². The van der Waals surface area contributed by atoms with Gasteiger partial charge in [-0.05, 0) is 48.2 Å². The van der Waals surface area contributed by atoms with Gasteiger partial charge in [-0.1, -0.05) is 24.3 Å². The van der Waals surface area contributed by atoms with Crippen LogP contribution in [0.1, 0.15) is 34.4 Å². The molecular weight excluding hydrogens is 428 g/mol. The first-order valence-corrected chi connectivity index (χ1v) is 10.5. The van der Waals surface area contributed by atoms with Crippen molar-refractivity contribution < 1.29 is 30.0 Å². The second kappa shape index (κ2) is 7.09. The van der Waals surface area contributed by atoms with E-state index in [1.54, 1.807) is 37.4 Å². The Hall–Kier alpha value is -3.31. The first kappa shape index (κ1) is 21.5. The van der Waals surface area contributed by atoms with E-state index < -0.39 is 42.0 Å². The summed E-state index contributed by atoms with van der Waals surface area (Å²) >= 11 is 0. The van der Waals surface area contributed by atoms with Crippen LogP contribution in [0.3, 0.4) is 0 Å². The lowest BCUT2D eigenvalue weighted by molar-refractivity contribution is -0.135. The summed E-state index contributed by atoms with van der Waals surface area (Å²) in [5.74, 6) is -1.25. The third-order valence-electron chi connectivity index (χ3n) is 6.84. The maximum Gasteiger partial charge on any atom is 0.349 e. The second-order valence-corrected chi connectivity index (χ2v) is 8.72. The standard InChI is InChI=1S/C23H24N4O6/c1-10-8-14-15(9-11(10)2)27(23(33)20(26(14)3)24-22(32)25-21(23)31)16-12-6-4-5-7-13(12)17(28)19(30)18(16)29/h4-9,16-19,28-30,33H,1-3H3,(H,25,31,32). The number of imide groups is 1. The van der Waals surface area contributed by atoms with E-state index in [2.05, 4.69) is 4.99 Å². The average molecular weight is 452 g/mol. The van der Waals surface area contributed by atoms with Crippen molar-refractivity contribution in [2.75, 3.05) is 16.8 Å². The van der Waals surface area contributed by atoms with Crippen LogP contribution in [0.2, 0.25) is 0 Å². The molecule has 2 heterocycles. The molecule has 5 N–H and O–H groups in total. The third-order valence-corrected chi connectivity index (χ3v) is 6.84. The van der Waals surface area contributed by atoms with Gasteiger partial charge in [0.1, 0.15) is 18.3 Å². The largest absolute Gasteiger partial charge is 0.388 e. The van der Waals surface area contributed by atoms with Gasteiger partial charge in [0.15, 0.2) is 5.84 Å². The summed E-state index contributed by atoms with van der Waals surface area (Å²) in [6.45, 7) is 3.77. The predicted molar refractivity (Wildman–Crippen MR) is 119 cm³/mol. The van der Waals surface area contributed by atoms with E-state index in [1.165, 1.54) is 9.80 Å². The maximum atomic E-state index is 13.2. The molecule has 5 atom stereocenters. The molecule has 0 spiro atoms. The number of rotatable bonds is 1. The number of aryl methyl sites for hydroxylation is 2. The molecule has 3 aliphatic rings. The molecule has 0 fully saturated rings. The fraction of sp³-hybridized carbons (Fsp3) is 0.348. The number of likely N-dealkylation sites (N-methyl/N-ethyl adjacent to an activating group) is 1. The normalized spacial score (nSPS) is 30.8. The number of nitrogens with zero attached hydrogens (tertiary/aromatic N) is 3. The molecule has 0 saturated carbocycles. The lowest BCUT2D eigenvalue weighted by Crippen LogP contribution is -2.74. The maximum absolute atomic E-state index is 13.2. The van der Waals surface area contributed by atoms with Gasteiger partial charge in [0.05, 0.1) is 17.4 Å². The number of amides is 3. The van der Waals surface area contributed by atoms with Crippen molar-refractivity contribution in [3.8, 4) is 0 Å². The van der Waals surface area contributed by atoms with E-state index in [-0.39, 0.29) is 5.84 Å². The number of amidine groups is 1. The van der Waals surface area contributed by atoms with Crippen LogP contribution in [-0.4, -0.2) is 63.2 Å². The van der Waals surface area contributed by atoms with Gasteiger partial charge in [-0.25, -0.2) is 4.79 Å². The zero-order valence-corrected chi connectivity index (χ0v) is 18.2. The summed E-state index contributed by atoms with van der Waals surface area (Å²) in [4.78, 5) is 31.9. The fourth-order valence-corrected chi connectivity index (χ4v) is 4.98. The number of carbonyl (C=O) groups is 2.